The van der Waals surface area contributed by atoms with Gasteiger partial charge in [0.05, 0.1) is 17.7 Å². The largest absolute Gasteiger partial charge is 0.459 e. The molecule has 2 unspecified atom stereocenters. The van der Waals surface area contributed by atoms with Gasteiger partial charge in [0.15, 0.2) is 6.10 Å². The van der Waals surface area contributed by atoms with E-state index in [0.717, 1.165) is 0 Å². The number of aliphatic hydroxyl groups is 2. The van der Waals surface area contributed by atoms with Crippen LogP contribution in [-0.4, -0.2) is 72.7 Å². The van der Waals surface area contributed by atoms with E-state index in [4.69, 9.17) is 18.9 Å². The van der Waals surface area contributed by atoms with Crippen molar-refractivity contribution in [3.05, 3.63) is 84.0 Å². The molecule has 0 amide bonds. The number of benzene rings is 2. The first-order valence-corrected chi connectivity index (χ1v) is 11.6. The van der Waals surface area contributed by atoms with Gasteiger partial charge < -0.3 is 29.2 Å². The van der Waals surface area contributed by atoms with Gasteiger partial charge in [0.1, 0.15) is 25.9 Å². The Morgan fingerprint density at radius 3 is 1.68 bits per heavy atom. The molecule has 38 heavy (non-hydrogen) atoms. The molecule has 0 aliphatic heterocycles. The standard InChI is InChI=1S/C28H30O10/c1-17(2)25(31)35-14-19(30)15-36-27(33)23-11-7-5-9-21(23)22-10-6-8-12-24(22)28(34)38-20(13-29)16-37-26(32)18(3)4/h5-12,19-20,29-30H,1,3,13-16H2,2,4H3. The lowest BCUT2D eigenvalue weighted by Crippen LogP contribution is -2.29. The van der Waals surface area contributed by atoms with Gasteiger partial charge in [-0.2, -0.15) is 0 Å². The monoisotopic (exact) mass is 526 g/mol. The van der Waals surface area contributed by atoms with Gasteiger partial charge in [0.2, 0.25) is 0 Å². The minimum atomic E-state index is -1.26. The third-order valence-electron chi connectivity index (χ3n) is 4.97. The maximum atomic E-state index is 13.0. The van der Waals surface area contributed by atoms with Crippen LogP contribution in [-0.2, 0) is 28.5 Å². The third-order valence-corrected chi connectivity index (χ3v) is 4.97. The molecule has 2 N–H and O–H groups in total. The lowest BCUT2D eigenvalue weighted by molar-refractivity contribution is -0.143. The van der Waals surface area contributed by atoms with E-state index in [0.29, 0.717) is 11.1 Å². The van der Waals surface area contributed by atoms with Crippen LogP contribution in [0.15, 0.2) is 72.8 Å². The molecule has 0 spiro atoms. The van der Waals surface area contributed by atoms with E-state index in [9.17, 15) is 29.4 Å². The van der Waals surface area contributed by atoms with Crippen molar-refractivity contribution in [2.45, 2.75) is 26.1 Å². The first-order chi connectivity index (χ1) is 18.0. The predicted octanol–water partition coefficient (Wildman–Crippen LogP) is 2.63. The van der Waals surface area contributed by atoms with E-state index in [-0.39, 0.29) is 35.5 Å². The molecule has 10 heteroatoms. The van der Waals surface area contributed by atoms with Gasteiger partial charge in [-0.25, -0.2) is 19.2 Å². The van der Waals surface area contributed by atoms with Crippen LogP contribution >= 0.6 is 0 Å². The van der Waals surface area contributed by atoms with Crippen molar-refractivity contribution < 1.29 is 48.3 Å². The molecule has 0 saturated heterocycles. The lowest BCUT2D eigenvalue weighted by atomic mass is 9.95. The van der Waals surface area contributed by atoms with Crippen LogP contribution in [0, 0.1) is 0 Å². The molecule has 0 heterocycles. The minimum absolute atomic E-state index is 0.0872. The summed E-state index contributed by atoms with van der Waals surface area (Å²) in [6, 6.07) is 12.7. The van der Waals surface area contributed by atoms with E-state index < -0.39 is 49.3 Å². The summed E-state index contributed by atoms with van der Waals surface area (Å²) in [7, 11) is 0. The normalized spacial score (nSPS) is 12.0. The number of rotatable bonds is 13. The molecule has 0 aromatic heterocycles. The molecule has 0 aliphatic rings. The number of esters is 4. The van der Waals surface area contributed by atoms with E-state index >= 15 is 0 Å². The molecule has 202 valence electrons. The zero-order chi connectivity index (χ0) is 28.2. The van der Waals surface area contributed by atoms with E-state index in [1.807, 2.05) is 0 Å². The van der Waals surface area contributed by atoms with Crippen LogP contribution < -0.4 is 0 Å². The number of hydrogen-bond acceptors (Lipinski definition) is 10. The summed E-state index contributed by atoms with van der Waals surface area (Å²) in [5.74, 6) is -2.97. The van der Waals surface area contributed by atoms with Crippen LogP contribution in [0.1, 0.15) is 34.6 Å². The number of aliphatic hydroxyl groups excluding tert-OH is 2. The molecular formula is C28H30O10. The average molecular weight is 527 g/mol. The molecule has 0 saturated carbocycles. The number of hydrogen-bond donors (Lipinski definition) is 2. The van der Waals surface area contributed by atoms with E-state index in [1.165, 1.54) is 26.0 Å². The quantitative estimate of drug-likeness (QED) is 0.227. The summed E-state index contributed by atoms with van der Waals surface area (Å²) in [6.07, 6.45) is -2.38. The Bertz CT molecular complexity index is 1200. The Balaban J connectivity index is 2.17. The highest BCUT2D eigenvalue weighted by Gasteiger charge is 2.23. The fraction of sp³-hybridized carbons (Fsp3) is 0.286. The summed E-state index contributed by atoms with van der Waals surface area (Å²) < 4.78 is 20.3. The summed E-state index contributed by atoms with van der Waals surface area (Å²) >= 11 is 0. The Hall–Kier alpha value is -4.28. The van der Waals surface area contributed by atoms with Gasteiger partial charge in [0.25, 0.3) is 0 Å². The summed E-state index contributed by atoms with van der Waals surface area (Å²) in [6.45, 7) is 8.02. The minimum Gasteiger partial charge on any atom is -0.459 e. The van der Waals surface area contributed by atoms with Crippen LogP contribution in [0.2, 0.25) is 0 Å². The molecule has 0 aliphatic carbocycles. The highest BCUT2D eigenvalue weighted by Crippen LogP contribution is 2.28. The Morgan fingerprint density at radius 1 is 0.737 bits per heavy atom. The molecule has 2 atom stereocenters. The second-order valence-corrected chi connectivity index (χ2v) is 8.31. The van der Waals surface area contributed by atoms with Crippen molar-refractivity contribution in [3.8, 4) is 11.1 Å². The fourth-order valence-corrected chi connectivity index (χ4v) is 3.02. The van der Waals surface area contributed by atoms with Gasteiger partial charge in [-0.3, -0.25) is 0 Å². The Morgan fingerprint density at radius 2 is 1.18 bits per heavy atom. The van der Waals surface area contributed by atoms with Crippen molar-refractivity contribution in [2.24, 2.45) is 0 Å². The zero-order valence-corrected chi connectivity index (χ0v) is 21.2. The highest BCUT2D eigenvalue weighted by atomic mass is 16.6. The summed E-state index contributed by atoms with van der Waals surface area (Å²) in [5.41, 5.74) is 1.21. The van der Waals surface area contributed by atoms with Gasteiger partial charge in [0, 0.05) is 11.1 Å². The third kappa shape index (κ3) is 8.68. The maximum absolute atomic E-state index is 13.0. The average Bonchev–Trinajstić information content (AvgIpc) is 2.91. The van der Waals surface area contributed by atoms with Gasteiger partial charge in [-0.15, -0.1) is 0 Å². The fourth-order valence-electron chi connectivity index (χ4n) is 3.02. The molecule has 0 radical (unpaired) electrons. The second kappa shape index (κ2) is 14.5. The lowest BCUT2D eigenvalue weighted by Gasteiger charge is -2.18. The van der Waals surface area contributed by atoms with E-state index in [2.05, 4.69) is 13.2 Å². The van der Waals surface area contributed by atoms with Crippen LogP contribution in [0.25, 0.3) is 11.1 Å². The van der Waals surface area contributed by atoms with Crippen molar-refractivity contribution >= 4 is 23.9 Å². The smallest absolute Gasteiger partial charge is 0.339 e. The number of ether oxygens (including phenoxy) is 4. The second-order valence-electron chi connectivity index (χ2n) is 8.31. The number of carbonyl (C=O) groups excluding carboxylic acids is 4. The highest BCUT2D eigenvalue weighted by molar-refractivity contribution is 6.03. The summed E-state index contributed by atoms with van der Waals surface area (Å²) in [4.78, 5) is 48.9. The van der Waals surface area contributed by atoms with Crippen molar-refractivity contribution in [1.29, 1.82) is 0 Å². The number of carbonyl (C=O) groups is 4. The molecule has 2 aromatic rings. The van der Waals surface area contributed by atoms with Crippen LogP contribution in [0.5, 0.6) is 0 Å². The van der Waals surface area contributed by atoms with Gasteiger partial charge in [-0.05, 0) is 37.1 Å². The van der Waals surface area contributed by atoms with E-state index in [1.54, 1.807) is 36.4 Å². The first kappa shape index (κ1) is 29.9. The molecule has 2 rings (SSSR count). The summed E-state index contributed by atoms with van der Waals surface area (Å²) in [5, 5.41) is 19.6. The maximum Gasteiger partial charge on any atom is 0.339 e. The van der Waals surface area contributed by atoms with Crippen molar-refractivity contribution in [1.82, 2.24) is 0 Å². The Kier molecular flexibility index (Phi) is 11.4. The van der Waals surface area contributed by atoms with Gasteiger partial charge >= 0.3 is 23.9 Å². The topological polar surface area (TPSA) is 146 Å². The SMILES string of the molecule is C=C(C)C(=O)OCC(O)COC(=O)c1ccccc1-c1ccccc1C(=O)OC(CO)COC(=O)C(=C)C. The molecule has 2 aromatic carbocycles. The van der Waals surface area contributed by atoms with Crippen molar-refractivity contribution in [3.63, 3.8) is 0 Å². The van der Waals surface area contributed by atoms with Gasteiger partial charge in [-0.1, -0.05) is 49.6 Å². The van der Waals surface area contributed by atoms with Crippen LogP contribution in [0.3, 0.4) is 0 Å². The Labute approximate surface area is 220 Å². The van der Waals surface area contributed by atoms with Crippen LogP contribution in [0.4, 0.5) is 0 Å². The molecule has 10 nitrogen and oxygen atoms in total. The van der Waals surface area contributed by atoms with Crippen molar-refractivity contribution in [2.75, 3.05) is 26.4 Å². The first-order valence-electron chi connectivity index (χ1n) is 11.6. The zero-order valence-electron chi connectivity index (χ0n) is 21.2. The molecule has 0 bridgehead atoms. The predicted molar refractivity (Wildman–Crippen MR) is 136 cm³/mol. The molecular weight excluding hydrogens is 496 g/mol. The molecule has 0 fully saturated rings.